The Morgan fingerprint density at radius 2 is 2.11 bits per heavy atom. The number of aromatic nitrogens is 1. The lowest BCUT2D eigenvalue weighted by atomic mass is 10.0. The van der Waals surface area contributed by atoms with E-state index in [1.54, 1.807) is 0 Å². The fourth-order valence-electron chi connectivity index (χ4n) is 2.00. The molecule has 0 radical (unpaired) electrons. The number of rotatable bonds is 8. The van der Waals surface area contributed by atoms with Gasteiger partial charge in [0.15, 0.2) is 0 Å². The fourth-order valence-corrected chi connectivity index (χ4v) is 2.00. The molecular weight excluding hydrogens is 222 g/mol. The summed E-state index contributed by atoms with van der Waals surface area (Å²) in [6.07, 6.45) is 3.06. The summed E-state index contributed by atoms with van der Waals surface area (Å²) in [5, 5.41) is 3.49. The standard InChI is InChI=1S/C15H27N3/c1-5-9-16-11-13(2)14(3)18(4)12-15-8-6-7-10-17-15/h6-8,10,13-14,16H,5,9,11-12H2,1-4H3. The van der Waals surface area contributed by atoms with Crippen molar-refractivity contribution >= 4 is 0 Å². The Hall–Kier alpha value is -0.930. The third-order valence-corrected chi connectivity index (χ3v) is 3.55. The summed E-state index contributed by atoms with van der Waals surface area (Å²) in [6, 6.07) is 6.65. The highest BCUT2D eigenvalue weighted by atomic mass is 15.1. The van der Waals surface area contributed by atoms with Gasteiger partial charge in [-0.15, -0.1) is 0 Å². The first kappa shape index (κ1) is 15.1. The van der Waals surface area contributed by atoms with Crippen molar-refractivity contribution in [3.8, 4) is 0 Å². The maximum absolute atomic E-state index is 4.38. The molecule has 0 bridgehead atoms. The average molecular weight is 249 g/mol. The molecule has 2 atom stereocenters. The molecule has 0 fully saturated rings. The van der Waals surface area contributed by atoms with Crippen LogP contribution in [0.4, 0.5) is 0 Å². The molecule has 0 spiro atoms. The number of pyridine rings is 1. The second kappa shape index (κ2) is 8.22. The second-order valence-electron chi connectivity index (χ2n) is 5.16. The van der Waals surface area contributed by atoms with Crippen LogP contribution in [0.5, 0.6) is 0 Å². The molecule has 1 aromatic heterocycles. The molecule has 0 aromatic carbocycles. The van der Waals surface area contributed by atoms with E-state index in [0.717, 1.165) is 25.3 Å². The molecule has 2 unspecified atom stereocenters. The average Bonchev–Trinajstić information content (AvgIpc) is 2.39. The monoisotopic (exact) mass is 249 g/mol. The molecule has 1 heterocycles. The number of nitrogens with zero attached hydrogens (tertiary/aromatic N) is 2. The first-order valence-corrected chi connectivity index (χ1v) is 6.96. The van der Waals surface area contributed by atoms with Gasteiger partial charge in [-0.25, -0.2) is 0 Å². The first-order valence-electron chi connectivity index (χ1n) is 6.96. The van der Waals surface area contributed by atoms with Crippen molar-refractivity contribution in [2.45, 2.75) is 39.8 Å². The van der Waals surface area contributed by atoms with Crippen LogP contribution in [0.2, 0.25) is 0 Å². The van der Waals surface area contributed by atoms with Gasteiger partial charge in [-0.3, -0.25) is 9.88 Å². The van der Waals surface area contributed by atoms with E-state index in [0.29, 0.717) is 12.0 Å². The lowest BCUT2D eigenvalue weighted by Crippen LogP contribution is -2.38. The summed E-state index contributed by atoms with van der Waals surface area (Å²) in [5.74, 6) is 0.644. The summed E-state index contributed by atoms with van der Waals surface area (Å²) in [6.45, 7) is 9.92. The molecule has 3 heteroatoms. The molecule has 18 heavy (non-hydrogen) atoms. The maximum Gasteiger partial charge on any atom is 0.0543 e. The largest absolute Gasteiger partial charge is 0.316 e. The van der Waals surface area contributed by atoms with Crippen molar-refractivity contribution in [1.29, 1.82) is 0 Å². The number of hydrogen-bond acceptors (Lipinski definition) is 3. The zero-order valence-corrected chi connectivity index (χ0v) is 12.2. The highest BCUT2D eigenvalue weighted by Crippen LogP contribution is 2.11. The Morgan fingerprint density at radius 3 is 2.72 bits per heavy atom. The van der Waals surface area contributed by atoms with Crippen LogP contribution in [0.25, 0.3) is 0 Å². The van der Waals surface area contributed by atoms with E-state index in [2.05, 4.69) is 49.1 Å². The quantitative estimate of drug-likeness (QED) is 0.718. The zero-order valence-electron chi connectivity index (χ0n) is 12.2. The van der Waals surface area contributed by atoms with Crippen LogP contribution < -0.4 is 5.32 Å². The molecule has 0 amide bonds. The highest BCUT2D eigenvalue weighted by molar-refractivity contribution is 5.03. The predicted molar refractivity (Wildman–Crippen MR) is 77.5 cm³/mol. The zero-order chi connectivity index (χ0) is 13.4. The SMILES string of the molecule is CCCNCC(C)C(C)N(C)Cc1ccccn1. The van der Waals surface area contributed by atoms with Crippen molar-refractivity contribution in [2.75, 3.05) is 20.1 Å². The van der Waals surface area contributed by atoms with Gasteiger partial charge in [0.1, 0.15) is 0 Å². The van der Waals surface area contributed by atoms with Crippen LogP contribution in [-0.2, 0) is 6.54 Å². The molecule has 1 rings (SSSR count). The minimum absolute atomic E-state index is 0.552. The molecule has 1 N–H and O–H groups in total. The highest BCUT2D eigenvalue weighted by Gasteiger charge is 2.16. The lowest BCUT2D eigenvalue weighted by molar-refractivity contribution is 0.187. The van der Waals surface area contributed by atoms with Gasteiger partial charge in [-0.1, -0.05) is 19.9 Å². The summed E-state index contributed by atoms with van der Waals surface area (Å²) < 4.78 is 0. The molecule has 3 nitrogen and oxygen atoms in total. The Bertz CT molecular complexity index is 313. The summed E-state index contributed by atoms with van der Waals surface area (Å²) in [5.41, 5.74) is 1.14. The summed E-state index contributed by atoms with van der Waals surface area (Å²) in [7, 11) is 2.18. The molecular formula is C15H27N3. The van der Waals surface area contributed by atoms with E-state index >= 15 is 0 Å². The van der Waals surface area contributed by atoms with Crippen molar-refractivity contribution in [3.05, 3.63) is 30.1 Å². The minimum atomic E-state index is 0.552. The van der Waals surface area contributed by atoms with Crippen molar-refractivity contribution in [1.82, 2.24) is 15.2 Å². The molecule has 0 saturated carbocycles. The topological polar surface area (TPSA) is 28.2 Å². The van der Waals surface area contributed by atoms with Gasteiger partial charge in [0, 0.05) is 18.8 Å². The van der Waals surface area contributed by atoms with Gasteiger partial charge >= 0.3 is 0 Å². The number of hydrogen-bond donors (Lipinski definition) is 1. The second-order valence-corrected chi connectivity index (χ2v) is 5.16. The van der Waals surface area contributed by atoms with Gasteiger partial charge in [-0.2, -0.15) is 0 Å². The van der Waals surface area contributed by atoms with Crippen molar-refractivity contribution < 1.29 is 0 Å². The normalized spacial score (nSPS) is 14.7. The van der Waals surface area contributed by atoms with E-state index in [1.165, 1.54) is 6.42 Å². The Kier molecular flexibility index (Phi) is 6.91. The van der Waals surface area contributed by atoms with E-state index in [4.69, 9.17) is 0 Å². The predicted octanol–water partition coefficient (Wildman–Crippen LogP) is 2.54. The van der Waals surface area contributed by atoms with E-state index < -0.39 is 0 Å². The Balaban J connectivity index is 2.38. The van der Waals surface area contributed by atoms with Crippen molar-refractivity contribution in [3.63, 3.8) is 0 Å². The molecule has 0 aliphatic carbocycles. The summed E-state index contributed by atoms with van der Waals surface area (Å²) in [4.78, 5) is 6.75. The van der Waals surface area contributed by atoms with Crippen LogP contribution in [0.15, 0.2) is 24.4 Å². The van der Waals surface area contributed by atoms with Gasteiger partial charge in [0.25, 0.3) is 0 Å². The van der Waals surface area contributed by atoms with E-state index in [1.807, 2.05) is 18.3 Å². The van der Waals surface area contributed by atoms with Crippen LogP contribution in [0.1, 0.15) is 32.9 Å². The van der Waals surface area contributed by atoms with Gasteiger partial charge < -0.3 is 5.32 Å². The molecule has 0 aliphatic rings. The van der Waals surface area contributed by atoms with Gasteiger partial charge in [-0.05, 0) is 51.5 Å². The van der Waals surface area contributed by atoms with Crippen LogP contribution in [0, 0.1) is 5.92 Å². The Morgan fingerprint density at radius 1 is 1.33 bits per heavy atom. The van der Waals surface area contributed by atoms with Gasteiger partial charge in [0.2, 0.25) is 0 Å². The molecule has 102 valence electrons. The van der Waals surface area contributed by atoms with Crippen LogP contribution in [-0.4, -0.2) is 36.1 Å². The maximum atomic E-state index is 4.38. The van der Waals surface area contributed by atoms with E-state index in [9.17, 15) is 0 Å². The minimum Gasteiger partial charge on any atom is -0.316 e. The molecule has 1 aromatic rings. The summed E-state index contributed by atoms with van der Waals surface area (Å²) >= 11 is 0. The fraction of sp³-hybridized carbons (Fsp3) is 0.667. The molecule has 0 aliphatic heterocycles. The lowest BCUT2D eigenvalue weighted by Gasteiger charge is -2.29. The van der Waals surface area contributed by atoms with Crippen LogP contribution in [0.3, 0.4) is 0 Å². The third-order valence-electron chi connectivity index (χ3n) is 3.55. The molecule has 0 saturated heterocycles. The Labute approximate surface area is 112 Å². The number of nitrogens with one attached hydrogen (secondary N) is 1. The van der Waals surface area contributed by atoms with Crippen molar-refractivity contribution in [2.24, 2.45) is 5.92 Å². The first-order chi connectivity index (χ1) is 8.65. The van der Waals surface area contributed by atoms with Crippen LogP contribution >= 0.6 is 0 Å². The van der Waals surface area contributed by atoms with E-state index in [-0.39, 0.29) is 0 Å². The smallest absolute Gasteiger partial charge is 0.0543 e. The third kappa shape index (κ3) is 5.15. The van der Waals surface area contributed by atoms with Gasteiger partial charge in [0.05, 0.1) is 5.69 Å².